The zero-order valence-corrected chi connectivity index (χ0v) is 16.2. The molecule has 6 heteroatoms. The molecule has 1 unspecified atom stereocenters. The van der Waals surface area contributed by atoms with Crippen LogP contribution in [0.15, 0.2) is 35.1 Å². The molecule has 0 amide bonds. The minimum atomic E-state index is -2.52. The van der Waals surface area contributed by atoms with E-state index in [1.807, 2.05) is 0 Å². The quantitative estimate of drug-likeness (QED) is 0.363. The minimum Gasteiger partial charge on any atom is -0.508 e. The fourth-order valence-electron chi connectivity index (χ4n) is 2.69. The number of ketones is 3. The predicted molar refractivity (Wildman–Crippen MR) is 97.4 cm³/mol. The van der Waals surface area contributed by atoms with Crippen LogP contribution in [0.3, 0.4) is 0 Å². The molecule has 0 radical (unpaired) electrons. The monoisotopic (exact) mass is 364 g/mol. The van der Waals surface area contributed by atoms with Gasteiger partial charge in [0.15, 0.2) is 23.0 Å². The summed E-state index contributed by atoms with van der Waals surface area (Å²) in [5.41, 5.74) is -3.49. The largest absolute Gasteiger partial charge is 0.508 e. The lowest BCUT2D eigenvalue weighted by Crippen LogP contribution is -2.46. The van der Waals surface area contributed by atoms with Gasteiger partial charge in [0.2, 0.25) is 0 Å². The molecular formula is C20H28O6. The first-order valence-corrected chi connectivity index (χ1v) is 8.57. The van der Waals surface area contributed by atoms with Gasteiger partial charge >= 0.3 is 0 Å². The number of carbonyl (C=O) groups is 3. The number of carbonyl (C=O) groups excluding carboxylic acids is 3. The lowest BCUT2D eigenvalue weighted by molar-refractivity contribution is -0.140. The fourth-order valence-corrected chi connectivity index (χ4v) is 2.69. The average Bonchev–Trinajstić information content (AvgIpc) is 2.69. The molecule has 0 aromatic heterocycles. The van der Waals surface area contributed by atoms with Gasteiger partial charge in [0.1, 0.15) is 11.3 Å². The summed E-state index contributed by atoms with van der Waals surface area (Å²) in [7, 11) is 0. The van der Waals surface area contributed by atoms with Crippen molar-refractivity contribution in [2.75, 3.05) is 0 Å². The van der Waals surface area contributed by atoms with E-state index in [1.54, 1.807) is 33.8 Å². The Kier molecular flexibility index (Phi) is 6.49. The van der Waals surface area contributed by atoms with Crippen LogP contribution in [-0.2, 0) is 14.4 Å². The molecule has 0 aliphatic heterocycles. The van der Waals surface area contributed by atoms with E-state index in [-0.39, 0.29) is 6.42 Å². The van der Waals surface area contributed by atoms with Gasteiger partial charge < -0.3 is 15.3 Å². The molecule has 0 fully saturated rings. The molecule has 26 heavy (non-hydrogen) atoms. The molecule has 1 aliphatic rings. The van der Waals surface area contributed by atoms with Crippen molar-refractivity contribution >= 4 is 17.3 Å². The third-order valence-corrected chi connectivity index (χ3v) is 4.22. The molecule has 0 spiro atoms. The smallest absolute Gasteiger partial charge is 0.195 e. The van der Waals surface area contributed by atoms with E-state index in [4.69, 9.17) is 0 Å². The highest BCUT2D eigenvalue weighted by molar-refractivity contribution is 6.27. The first-order valence-electron chi connectivity index (χ1n) is 8.57. The summed E-state index contributed by atoms with van der Waals surface area (Å²) in [5, 5.41) is 31.2. The van der Waals surface area contributed by atoms with Crippen LogP contribution in [0.1, 0.15) is 48.0 Å². The Morgan fingerprint density at radius 2 is 1.81 bits per heavy atom. The molecule has 0 bridgehead atoms. The lowest BCUT2D eigenvalue weighted by atomic mass is 9.81. The van der Waals surface area contributed by atoms with E-state index < -0.39 is 51.7 Å². The number of aliphatic hydroxyl groups excluding tert-OH is 1. The Bertz CT molecular complexity index is 698. The third-order valence-electron chi connectivity index (χ3n) is 4.22. The molecule has 0 aromatic rings. The van der Waals surface area contributed by atoms with Gasteiger partial charge in [0.25, 0.3) is 0 Å². The zero-order valence-electron chi connectivity index (χ0n) is 16.2. The maximum Gasteiger partial charge on any atom is 0.195 e. The molecule has 2 atom stereocenters. The molecular weight excluding hydrogens is 336 g/mol. The molecule has 1 aliphatic carbocycles. The van der Waals surface area contributed by atoms with Crippen molar-refractivity contribution in [1.29, 1.82) is 0 Å². The van der Waals surface area contributed by atoms with Gasteiger partial charge in [-0.25, -0.2) is 0 Å². The van der Waals surface area contributed by atoms with Gasteiger partial charge in [0.05, 0.1) is 11.5 Å². The van der Waals surface area contributed by atoms with Crippen molar-refractivity contribution in [2.45, 2.75) is 59.2 Å². The van der Waals surface area contributed by atoms with E-state index in [9.17, 15) is 29.7 Å². The summed E-state index contributed by atoms with van der Waals surface area (Å²) in [6.45, 7) is 9.59. The number of allylic oxidation sites excluding steroid dienone is 3. The second kappa shape index (κ2) is 7.68. The van der Waals surface area contributed by atoms with E-state index in [2.05, 4.69) is 0 Å². The second-order valence-electron chi connectivity index (χ2n) is 7.79. The Balaban J connectivity index is 3.50. The fraction of sp³-hybridized carbons (Fsp3) is 0.550. The van der Waals surface area contributed by atoms with Crippen LogP contribution < -0.4 is 0 Å². The van der Waals surface area contributed by atoms with Crippen molar-refractivity contribution in [3.63, 3.8) is 0 Å². The number of rotatable bonds is 7. The second-order valence-corrected chi connectivity index (χ2v) is 7.79. The van der Waals surface area contributed by atoms with Crippen LogP contribution in [0, 0.1) is 11.8 Å². The zero-order chi connectivity index (χ0) is 20.4. The van der Waals surface area contributed by atoms with Crippen LogP contribution in [-0.4, -0.2) is 43.9 Å². The Morgan fingerprint density at radius 1 is 1.27 bits per heavy atom. The predicted octanol–water partition coefficient (Wildman–Crippen LogP) is 2.21. The molecule has 3 N–H and O–H groups in total. The summed E-state index contributed by atoms with van der Waals surface area (Å²) >= 11 is 0. The van der Waals surface area contributed by atoms with Gasteiger partial charge in [-0.05, 0) is 40.2 Å². The van der Waals surface area contributed by atoms with E-state index >= 15 is 0 Å². The standard InChI is InChI=1S/C20H28O6/c1-11(2)7-8-13-17(23)15(16(22)12(3)4)18(24)20(13,26)14(21)9-10-19(5,6)25/h7,9-10,12-13,24-26H,8H2,1-6H3/b10-9+/t13?,20-/m1/s1. The number of hydrogen-bond donors (Lipinski definition) is 3. The van der Waals surface area contributed by atoms with Crippen molar-refractivity contribution in [3.8, 4) is 0 Å². The van der Waals surface area contributed by atoms with Gasteiger partial charge in [-0.2, -0.15) is 0 Å². The first-order chi connectivity index (χ1) is 11.7. The molecule has 1 rings (SSSR count). The maximum absolute atomic E-state index is 12.7. The maximum atomic E-state index is 12.7. The van der Waals surface area contributed by atoms with Gasteiger partial charge in [-0.3, -0.25) is 14.4 Å². The topological polar surface area (TPSA) is 112 Å². The summed E-state index contributed by atoms with van der Waals surface area (Å²) in [6.07, 6.45) is 3.75. The highest BCUT2D eigenvalue weighted by Gasteiger charge is 2.58. The van der Waals surface area contributed by atoms with Gasteiger partial charge in [-0.1, -0.05) is 31.6 Å². The van der Waals surface area contributed by atoms with E-state index in [0.717, 1.165) is 17.7 Å². The normalized spacial score (nSPS) is 23.9. The molecule has 0 heterocycles. The van der Waals surface area contributed by atoms with Crippen LogP contribution in [0.2, 0.25) is 0 Å². The third kappa shape index (κ3) is 4.37. The average molecular weight is 364 g/mol. The summed E-state index contributed by atoms with van der Waals surface area (Å²) < 4.78 is 0. The molecule has 0 saturated heterocycles. The number of hydrogen-bond acceptors (Lipinski definition) is 6. The van der Waals surface area contributed by atoms with Gasteiger partial charge in [0, 0.05) is 5.92 Å². The van der Waals surface area contributed by atoms with E-state index in [1.165, 1.54) is 13.8 Å². The van der Waals surface area contributed by atoms with Crippen molar-refractivity contribution in [1.82, 2.24) is 0 Å². The summed E-state index contributed by atoms with van der Waals surface area (Å²) in [5.74, 6) is -5.10. The van der Waals surface area contributed by atoms with Crippen LogP contribution >= 0.6 is 0 Å². The van der Waals surface area contributed by atoms with Gasteiger partial charge in [-0.15, -0.1) is 0 Å². The molecule has 144 valence electrons. The highest BCUT2D eigenvalue weighted by Crippen LogP contribution is 2.41. The molecule has 0 saturated carbocycles. The Hall–Kier alpha value is -2.05. The number of aliphatic hydroxyl groups is 3. The summed E-state index contributed by atoms with van der Waals surface area (Å²) in [6, 6.07) is 0. The number of Topliss-reactive ketones (excluding diaryl/α,β-unsaturated/α-hetero) is 2. The van der Waals surface area contributed by atoms with Crippen molar-refractivity contribution in [2.24, 2.45) is 11.8 Å². The minimum absolute atomic E-state index is 0.00129. The van der Waals surface area contributed by atoms with E-state index in [0.29, 0.717) is 0 Å². The van der Waals surface area contributed by atoms with Crippen LogP contribution in [0.4, 0.5) is 0 Å². The first kappa shape index (κ1) is 22.0. The lowest BCUT2D eigenvalue weighted by Gasteiger charge is -2.26. The van der Waals surface area contributed by atoms with Crippen LogP contribution in [0.5, 0.6) is 0 Å². The summed E-state index contributed by atoms with van der Waals surface area (Å²) in [4.78, 5) is 37.7. The van der Waals surface area contributed by atoms with Crippen LogP contribution in [0.25, 0.3) is 0 Å². The van der Waals surface area contributed by atoms with Crippen molar-refractivity contribution < 1.29 is 29.7 Å². The Labute approximate surface area is 153 Å². The highest BCUT2D eigenvalue weighted by atomic mass is 16.3. The Morgan fingerprint density at radius 3 is 2.23 bits per heavy atom. The SMILES string of the molecule is CC(C)=CCC1C(=O)C(C(=O)C(C)C)=C(O)[C@]1(O)C(=O)/C=C/C(C)(C)O. The van der Waals surface area contributed by atoms with Crippen molar-refractivity contribution in [3.05, 3.63) is 35.1 Å². The molecule has 6 nitrogen and oxygen atoms in total. The molecule has 0 aromatic carbocycles.